The highest BCUT2D eigenvalue weighted by Crippen LogP contribution is 2.43. The Bertz CT molecular complexity index is 1640. The molecule has 0 aromatic heterocycles. The zero-order valence-corrected chi connectivity index (χ0v) is 51.6. The van der Waals surface area contributed by atoms with Crippen LogP contribution >= 0.6 is 7.82 Å². The second kappa shape index (κ2) is 56.2. The Morgan fingerprint density at radius 2 is 0.831 bits per heavy atom. The van der Waals surface area contributed by atoms with E-state index in [0.717, 1.165) is 135 Å². The minimum atomic E-state index is -4.46. The molecule has 3 unspecified atom stereocenters. The third kappa shape index (κ3) is 57.4. The van der Waals surface area contributed by atoms with Gasteiger partial charge in [-0.2, -0.15) is 0 Å². The largest absolute Gasteiger partial charge is 0.472 e. The summed E-state index contributed by atoms with van der Waals surface area (Å²) in [4.78, 5) is 37.7. The maximum Gasteiger partial charge on any atom is 0.472 e. The van der Waals surface area contributed by atoms with E-state index in [2.05, 4.69) is 111 Å². The molecule has 0 spiro atoms. The SMILES string of the molecule is CC/C=C\C/C=C\C/C=C\C/C=C\C/C=C\C/C=C\CCCCCCCCC(=O)NC(COP(=O)(O)OCC[N+](C)(C)C)C(/C=C\CCCCCCCCCCC)OC(=O)CCCCCCCCC/C=C\CCCCCC. The van der Waals surface area contributed by atoms with Gasteiger partial charge in [-0.15, -0.1) is 0 Å². The highest BCUT2D eigenvalue weighted by molar-refractivity contribution is 7.47. The summed E-state index contributed by atoms with van der Waals surface area (Å²) in [6, 6.07) is -0.863. The molecule has 2 N–H and O–H groups in total. The molecule has 0 saturated heterocycles. The molecule has 0 aliphatic heterocycles. The number of nitrogens with zero attached hydrogens (tertiary/aromatic N) is 1. The predicted molar refractivity (Wildman–Crippen MR) is 332 cm³/mol. The number of carbonyl (C=O) groups excluding carboxylic acids is 2. The maximum atomic E-state index is 13.5. The fourth-order valence-corrected chi connectivity index (χ4v) is 9.38. The van der Waals surface area contributed by atoms with Gasteiger partial charge in [-0.25, -0.2) is 4.57 Å². The minimum Gasteiger partial charge on any atom is -0.456 e. The number of nitrogens with one attached hydrogen (secondary N) is 1. The number of likely N-dealkylation sites (N-methyl/N-ethyl adjacent to an activating group) is 1. The summed E-state index contributed by atoms with van der Waals surface area (Å²) in [6.07, 6.45) is 75.5. The van der Waals surface area contributed by atoms with E-state index in [4.69, 9.17) is 13.8 Å². The molecular formula is C67H120N2O7P+. The molecule has 0 bridgehead atoms. The van der Waals surface area contributed by atoms with Gasteiger partial charge in [-0.1, -0.05) is 240 Å². The van der Waals surface area contributed by atoms with Crippen LogP contribution in [-0.2, 0) is 27.9 Å². The molecule has 444 valence electrons. The number of phosphoric ester groups is 1. The van der Waals surface area contributed by atoms with Crippen molar-refractivity contribution in [1.82, 2.24) is 5.32 Å². The molecule has 0 radical (unpaired) electrons. The highest BCUT2D eigenvalue weighted by Gasteiger charge is 2.30. The third-order valence-corrected chi connectivity index (χ3v) is 14.5. The van der Waals surface area contributed by atoms with Gasteiger partial charge in [0.25, 0.3) is 0 Å². The highest BCUT2D eigenvalue weighted by atomic mass is 31.2. The number of unbranched alkanes of at least 4 members (excludes halogenated alkanes) is 26. The summed E-state index contributed by atoms with van der Waals surface area (Å²) in [6.45, 7) is 6.86. The topological polar surface area (TPSA) is 111 Å². The molecule has 10 heteroatoms. The Labute approximate surface area is 475 Å². The zero-order valence-electron chi connectivity index (χ0n) is 50.7. The molecule has 0 rings (SSSR count). The predicted octanol–water partition coefficient (Wildman–Crippen LogP) is 19.6. The van der Waals surface area contributed by atoms with Crippen LogP contribution < -0.4 is 5.32 Å². The molecule has 0 aliphatic rings. The Morgan fingerprint density at radius 3 is 1.27 bits per heavy atom. The van der Waals surface area contributed by atoms with Gasteiger partial charge < -0.3 is 19.4 Å². The van der Waals surface area contributed by atoms with Gasteiger partial charge in [-0.3, -0.25) is 18.6 Å². The number of ether oxygens (including phenoxy) is 1. The fourth-order valence-electron chi connectivity index (χ4n) is 8.64. The van der Waals surface area contributed by atoms with Crippen molar-refractivity contribution in [2.24, 2.45) is 0 Å². The van der Waals surface area contributed by atoms with Crippen molar-refractivity contribution in [1.29, 1.82) is 0 Å². The van der Waals surface area contributed by atoms with Crippen LogP contribution in [0.2, 0.25) is 0 Å². The lowest BCUT2D eigenvalue weighted by molar-refractivity contribution is -0.870. The van der Waals surface area contributed by atoms with Crippen molar-refractivity contribution in [2.45, 2.75) is 277 Å². The molecule has 0 saturated carbocycles. The summed E-state index contributed by atoms with van der Waals surface area (Å²) < 4.78 is 30.7. The molecule has 1 amide bonds. The molecular weight excluding hydrogens is 976 g/mol. The monoisotopic (exact) mass is 1100 g/mol. The summed E-state index contributed by atoms with van der Waals surface area (Å²) in [5.41, 5.74) is 0. The first-order valence-electron chi connectivity index (χ1n) is 31.6. The minimum absolute atomic E-state index is 0.0322. The standard InChI is InChI=1S/C67H119N2O7P/c1-7-10-13-16-19-22-25-27-29-30-31-32-33-34-35-36-37-38-40-41-44-47-50-53-56-59-66(70)68-64(63-75-77(72,73)74-62-61-69(4,5)6)65(58-55-52-49-46-43-24-21-18-15-12-9-3)76-67(71)60-57-54-51-48-45-42-39-28-26-23-20-17-14-11-8-2/h10,13,19,22-23,26-27,29,31-32,34-35,37-38,55,58,64-65H,7-9,11-12,14-18,20-21,24-25,28,30,33,36,39-54,56-57,59-63H2,1-6H3,(H-,68,70,72,73)/p+1/b13-10-,22-19-,26-23-,29-27-,32-31-,35-34-,38-37-,58-55-. The van der Waals surface area contributed by atoms with Crippen molar-refractivity contribution in [2.75, 3.05) is 40.9 Å². The Balaban J connectivity index is 5.19. The van der Waals surface area contributed by atoms with E-state index in [0.29, 0.717) is 17.4 Å². The van der Waals surface area contributed by atoms with Crippen LogP contribution in [0.3, 0.4) is 0 Å². The van der Waals surface area contributed by atoms with E-state index in [1.807, 2.05) is 33.3 Å². The molecule has 9 nitrogen and oxygen atoms in total. The second-order valence-corrected chi connectivity index (χ2v) is 23.6. The lowest BCUT2D eigenvalue weighted by Crippen LogP contribution is -2.47. The van der Waals surface area contributed by atoms with Crippen LogP contribution in [0.1, 0.15) is 265 Å². The van der Waals surface area contributed by atoms with Gasteiger partial charge in [-0.05, 0) is 109 Å². The number of quaternary nitrogens is 1. The quantitative estimate of drug-likeness (QED) is 0.0205. The van der Waals surface area contributed by atoms with Gasteiger partial charge in [0.2, 0.25) is 5.91 Å². The Hall–Kier alpha value is -3.07. The first-order valence-corrected chi connectivity index (χ1v) is 33.1. The molecule has 0 aliphatic carbocycles. The van der Waals surface area contributed by atoms with Crippen LogP contribution in [0, 0.1) is 0 Å². The molecule has 77 heavy (non-hydrogen) atoms. The molecule has 0 aromatic carbocycles. The molecule has 0 fully saturated rings. The van der Waals surface area contributed by atoms with Gasteiger partial charge in [0.15, 0.2) is 0 Å². The van der Waals surface area contributed by atoms with E-state index in [9.17, 15) is 19.0 Å². The summed E-state index contributed by atoms with van der Waals surface area (Å²) >= 11 is 0. The first-order chi connectivity index (χ1) is 37.4. The number of hydrogen-bond acceptors (Lipinski definition) is 6. The van der Waals surface area contributed by atoms with Crippen molar-refractivity contribution in [3.8, 4) is 0 Å². The van der Waals surface area contributed by atoms with E-state index in [1.54, 1.807) is 0 Å². The van der Waals surface area contributed by atoms with Crippen molar-refractivity contribution >= 4 is 19.7 Å². The summed E-state index contributed by atoms with van der Waals surface area (Å²) in [5.74, 6) is -0.530. The van der Waals surface area contributed by atoms with Crippen LogP contribution in [0.25, 0.3) is 0 Å². The second-order valence-electron chi connectivity index (χ2n) is 22.2. The number of phosphoric acid groups is 1. The van der Waals surface area contributed by atoms with Crippen LogP contribution in [0.15, 0.2) is 97.2 Å². The number of carbonyl (C=O) groups is 2. The summed E-state index contributed by atoms with van der Waals surface area (Å²) in [5, 5.41) is 3.05. The number of amides is 1. The van der Waals surface area contributed by atoms with E-state index >= 15 is 0 Å². The lowest BCUT2D eigenvalue weighted by atomic mass is 10.1. The normalized spacial score (nSPS) is 14.3. The van der Waals surface area contributed by atoms with Crippen LogP contribution in [0.4, 0.5) is 0 Å². The van der Waals surface area contributed by atoms with Gasteiger partial charge in [0, 0.05) is 12.8 Å². The van der Waals surface area contributed by atoms with Crippen molar-refractivity contribution < 1.29 is 37.3 Å². The zero-order chi connectivity index (χ0) is 56.4. The Morgan fingerprint density at radius 1 is 0.468 bits per heavy atom. The maximum absolute atomic E-state index is 13.5. The van der Waals surface area contributed by atoms with Gasteiger partial charge >= 0.3 is 13.8 Å². The van der Waals surface area contributed by atoms with Gasteiger partial charge in [0.05, 0.1) is 33.8 Å². The fraction of sp³-hybridized carbons (Fsp3) is 0.731. The number of esters is 1. The smallest absolute Gasteiger partial charge is 0.456 e. The average molecular weight is 1100 g/mol. The molecule has 3 atom stereocenters. The molecule has 0 heterocycles. The van der Waals surface area contributed by atoms with E-state index in [1.165, 1.54) is 96.3 Å². The van der Waals surface area contributed by atoms with Crippen molar-refractivity contribution in [3.63, 3.8) is 0 Å². The van der Waals surface area contributed by atoms with Gasteiger partial charge in [0.1, 0.15) is 19.3 Å². The Kier molecular flexibility index (Phi) is 54.0. The number of allylic oxidation sites excluding steroid dienone is 15. The summed E-state index contributed by atoms with van der Waals surface area (Å²) in [7, 11) is 1.47. The first kappa shape index (κ1) is 73.9. The number of rotatable bonds is 56. The average Bonchev–Trinajstić information content (AvgIpc) is 3.39. The van der Waals surface area contributed by atoms with E-state index in [-0.39, 0.29) is 31.5 Å². The molecule has 0 aromatic rings. The lowest BCUT2D eigenvalue weighted by Gasteiger charge is -2.27. The van der Waals surface area contributed by atoms with Crippen molar-refractivity contribution in [3.05, 3.63) is 97.2 Å². The third-order valence-electron chi connectivity index (χ3n) is 13.5. The van der Waals surface area contributed by atoms with Crippen LogP contribution in [0.5, 0.6) is 0 Å². The number of hydrogen-bond donors (Lipinski definition) is 2. The van der Waals surface area contributed by atoms with Crippen LogP contribution in [-0.4, -0.2) is 74.3 Å². The van der Waals surface area contributed by atoms with E-state index < -0.39 is 20.0 Å².